The number of nitrogens with zero attached hydrogens (tertiary/aromatic N) is 1. The summed E-state index contributed by atoms with van der Waals surface area (Å²) in [5.74, 6) is 1.01. The largest absolute Gasteiger partial charge is 0.360 e. The normalized spacial score (nSPS) is 14.3. The summed E-state index contributed by atoms with van der Waals surface area (Å²) in [4.78, 5) is 12.1. The molecular weight excluding hydrogens is 369 g/mol. The molecule has 5 nitrogen and oxygen atoms in total. The maximum absolute atomic E-state index is 12.1. The number of hydrogen-bond acceptors (Lipinski definition) is 4. The molecule has 0 unspecified atom stereocenters. The molecular formula is C14H14IN3O2. The Morgan fingerprint density at radius 1 is 1.45 bits per heavy atom. The summed E-state index contributed by atoms with van der Waals surface area (Å²) in [6.07, 6.45) is 2.24. The predicted molar refractivity (Wildman–Crippen MR) is 83.5 cm³/mol. The molecule has 0 saturated heterocycles. The minimum absolute atomic E-state index is 0.253. The molecule has 1 heterocycles. The van der Waals surface area contributed by atoms with E-state index in [9.17, 15) is 4.79 Å². The number of anilines is 1. The van der Waals surface area contributed by atoms with Crippen LogP contribution in [0.1, 0.15) is 40.6 Å². The molecule has 0 atom stereocenters. The van der Waals surface area contributed by atoms with Gasteiger partial charge in [0.2, 0.25) is 0 Å². The second kappa shape index (κ2) is 5.53. The highest BCUT2D eigenvalue weighted by molar-refractivity contribution is 14.1. The van der Waals surface area contributed by atoms with E-state index in [-0.39, 0.29) is 5.91 Å². The zero-order valence-corrected chi connectivity index (χ0v) is 12.9. The summed E-state index contributed by atoms with van der Waals surface area (Å²) in [6.45, 7) is 0.487. The molecule has 1 aromatic carbocycles. The number of nitrogens with one attached hydrogen (secondary N) is 1. The van der Waals surface area contributed by atoms with Gasteiger partial charge >= 0.3 is 0 Å². The van der Waals surface area contributed by atoms with E-state index in [0.29, 0.717) is 18.2 Å². The van der Waals surface area contributed by atoms with Crippen molar-refractivity contribution in [3.63, 3.8) is 0 Å². The average Bonchev–Trinajstić information content (AvgIpc) is 3.16. The van der Waals surface area contributed by atoms with Gasteiger partial charge in [0.15, 0.2) is 5.69 Å². The molecule has 20 heavy (non-hydrogen) atoms. The minimum atomic E-state index is -0.253. The van der Waals surface area contributed by atoms with Crippen molar-refractivity contribution in [3.8, 4) is 0 Å². The highest BCUT2D eigenvalue weighted by Crippen LogP contribution is 2.40. The Hall–Kier alpha value is -1.41. The van der Waals surface area contributed by atoms with Crippen molar-refractivity contribution in [1.29, 1.82) is 0 Å². The summed E-state index contributed by atoms with van der Waals surface area (Å²) in [6, 6.07) is 7.37. The number of halogens is 1. The first kappa shape index (κ1) is 13.6. The quantitative estimate of drug-likeness (QED) is 0.796. The third-order valence-corrected chi connectivity index (χ3v) is 4.28. The Kier molecular flexibility index (Phi) is 3.75. The van der Waals surface area contributed by atoms with E-state index < -0.39 is 0 Å². The van der Waals surface area contributed by atoms with Crippen molar-refractivity contribution in [2.24, 2.45) is 5.73 Å². The Labute approximate surface area is 130 Å². The third kappa shape index (κ3) is 2.85. The zero-order chi connectivity index (χ0) is 14.1. The Bertz CT molecular complexity index is 650. The van der Waals surface area contributed by atoms with Gasteiger partial charge in [-0.15, -0.1) is 0 Å². The van der Waals surface area contributed by atoms with Crippen LogP contribution in [-0.2, 0) is 6.54 Å². The van der Waals surface area contributed by atoms with Crippen molar-refractivity contribution >= 4 is 34.2 Å². The molecule has 104 valence electrons. The number of amides is 1. The van der Waals surface area contributed by atoms with Gasteiger partial charge in [-0.2, -0.15) is 0 Å². The van der Waals surface area contributed by atoms with Gasteiger partial charge in [0.1, 0.15) is 5.76 Å². The lowest BCUT2D eigenvalue weighted by Gasteiger charge is -2.06. The van der Waals surface area contributed by atoms with Crippen LogP contribution in [0.2, 0.25) is 0 Å². The maximum Gasteiger partial charge on any atom is 0.277 e. The maximum atomic E-state index is 12.1. The smallest absolute Gasteiger partial charge is 0.277 e. The van der Waals surface area contributed by atoms with E-state index in [4.69, 9.17) is 10.3 Å². The number of benzene rings is 1. The lowest BCUT2D eigenvalue weighted by atomic mass is 10.2. The van der Waals surface area contributed by atoms with Crippen molar-refractivity contribution in [2.45, 2.75) is 25.3 Å². The molecule has 0 bridgehead atoms. The van der Waals surface area contributed by atoms with Crippen LogP contribution in [0, 0.1) is 3.57 Å². The van der Waals surface area contributed by atoms with Crippen LogP contribution in [0.25, 0.3) is 0 Å². The van der Waals surface area contributed by atoms with Crippen LogP contribution in [-0.4, -0.2) is 11.1 Å². The molecule has 3 N–H and O–H groups in total. The highest BCUT2D eigenvalue weighted by atomic mass is 127. The molecule has 1 aliphatic carbocycles. The fourth-order valence-electron chi connectivity index (χ4n) is 1.94. The van der Waals surface area contributed by atoms with Gasteiger partial charge in [-0.1, -0.05) is 11.2 Å². The van der Waals surface area contributed by atoms with Gasteiger partial charge in [0, 0.05) is 27.8 Å². The van der Waals surface area contributed by atoms with Gasteiger partial charge in [0.05, 0.1) is 0 Å². The lowest BCUT2D eigenvalue weighted by Crippen LogP contribution is -2.12. The van der Waals surface area contributed by atoms with Crippen molar-refractivity contribution in [2.75, 3.05) is 5.32 Å². The number of aromatic nitrogens is 1. The first-order chi connectivity index (χ1) is 9.67. The van der Waals surface area contributed by atoms with Crippen molar-refractivity contribution in [1.82, 2.24) is 5.16 Å². The van der Waals surface area contributed by atoms with Crippen LogP contribution < -0.4 is 11.1 Å². The first-order valence-corrected chi connectivity index (χ1v) is 7.51. The summed E-state index contributed by atoms with van der Waals surface area (Å²) >= 11 is 2.20. The minimum Gasteiger partial charge on any atom is -0.360 e. The fourth-order valence-corrected chi connectivity index (χ4v) is 2.68. The second-order valence-electron chi connectivity index (χ2n) is 4.85. The molecule has 6 heteroatoms. The molecule has 1 fully saturated rings. The summed E-state index contributed by atoms with van der Waals surface area (Å²) < 4.78 is 6.21. The fraction of sp³-hybridized carbons (Fsp3) is 0.286. The number of carbonyl (C=O) groups excluding carboxylic acids is 1. The molecule has 2 aromatic rings. The molecule has 1 aliphatic rings. The van der Waals surface area contributed by atoms with E-state index >= 15 is 0 Å². The van der Waals surface area contributed by atoms with E-state index in [1.807, 2.05) is 18.2 Å². The van der Waals surface area contributed by atoms with E-state index in [1.54, 1.807) is 6.07 Å². The van der Waals surface area contributed by atoms with E-state index in [2.05, 4.69) is 33.1 Å². The first-order valence-electron chi connectivity index (χ1n) is 6.44. The third-order valence-electron chi connectivity index (χ3n) is 3.27. The van der Waals surface area contributed by atoms with E-state index in [0.717, 1.165) is 33.4 Å². The molecule has 1 aromatic heterocycles. The van der Waals surface area contributed by atoms with E-state index in [1.165, 1.54) is 0 Å². The van der Waals surface area contributed by atoms with Crippen LogP contribution in [0.4, 0.5) is 5.69 Å². The lowest BCUT2D eigenvalue weighted by molar-refractivity contribution is 0.101. The highest BCUT2D eigenvalue weighted by Gasteiger charge is 2.28. The average molecular weight is 383 g/mol. The monoisotopic (exact) mass is 383 g/mol. The second-order valence-corrected chi connectivity index (χ2v) is 6.02. The zero-order valence-electron chi connectivity index (χ0n) is 10.7. The van der Waals surface area contributed by atoms with Gasteiger partial charge in [-0.05, 0) is 53.1 Å². The molecule has 0 spiro atoms. The van der Waals surface area contributed by atoms with Crippen molar-refractivity contribution in [3.05, 3.63) is 44.9 Å². The Morgan fingerprint density at radius 3 is 2.90 bits per heavy atom. The summed E-state index contributed by atoms with van der Waals surface area (Å²) in [7, 11) is 0. The molecule has 1 amide bonds. The van der Waals surface area contributed by atoms with Gasteiger partial charge in [-0.3, -0.25) is 4.79 Å². The summed E-state index contributed by atoms with van der Waals surface area (Å²) in [5.41, 5.74) is 7.73. The molecule has 0 aliphatic heterocycles. The van der Waals surface area contributed by atoms with Crippen LogP contribution in [0.5, 0.6) is 0 Å². The van der Waals surface area contributed by atoms with Gasteiger partial charge in [-0.25, -0.2) is 0 Å². The van der Waals surface area contributed by atoms with Crippen LogP contribution in [0.3, 0.4) is 0 Å². The molecule has 0 radical (unpaired) electrons. The number of hydrogen-bond donors (Lipinski definition) is 2. The SMILES string of the molecule is NCc1ccc(NC(=O)c2cc(C3CC3)on2)cc1I. The van der Waals surface area contributed by atoms with Crippen LogP contribution in [0.15, 0.2) is 28.8 Å². The van der Waals surface area contributed by atoms with Crippen LogP contribution >= 0.6 is 22.6 Å². The molecule has 1 saturated carbocycles. The Morgan fingerprint density at radius 2 is 2.25 bits per heavy atom. The summed E-state index contributed by atoms with van der Waals surface area (Å²) in [5, 5.41) is 6.64. The Balaban J connectivity index is 1.72. The topological polar surface area (TPSA) is 81.1 Å². The predicted octanol–water partition coefficient (Wildman–Crippen LogP) is 2.87. The number of nitrogens with two attached hydrogens (primary N) is 1. The number of rotatable bonds is 4. The van der Waals surface area contributed by atoms with Gasteiger partial charge in [0.25, 0.3) is 5.91 Å². The standard InChI is InChI=1S/C14H14IN3O2/c15-11-5-10(4-3-9(11)7-16)17-14(19)12-6-13(20-18-12)8-1-2-8/h3-6,8H,1-2,7,16H2,(H,17,19). The number of carbonyl (C=O) groups is 1. The molecule has 3 rings (SSSR count). The van der Waals surface area contributed by atoms with Gasteiger partial charge < -0.3 is 15.6 Å². The van der Waals surface area contributed by atoms with Crippen molar-refractivity contribution < 1.29 is 9.32 Å².